The molecule has 4 nitrogen and oxygen atoms in total. The van der Waals surface area contributed by atoms with Gasteiger partial charge in [-0.2, -0.15) is 0 Å². The first kappa shape index (κ1) is 8.02. The van der Waals surface area contributed by atoms with Crippen LogP contribution < -0.4 is 5.32 Å². The number of rotatable bonds is 1. The normalized spacial score (nSPS) is 29.5. The van der Waals surface area contributed by atoms with E-state index in [1.54, 1.807) is 0 Å². The van der Waals surface area contributed by atoms with Gasteiger partial charge >= 0.3 is 5.97 Å². The molecule has 1 saturated heterocycles. The molecule has 0 aromatic carbocycles. The van der Waals surface area contributed by atoms with E-state index in [0.29, 0.717) is 13.0 Å². The number of nitrogens with one attached hydrogen (secondary N) is 1. The Labute approximate surface area is 65.4 Å². The quantitative estimate of drug-likeness (QED) is 0.420. The third-order valence-corrected chi connectivity index (χ3v) is 1.78. The lowest BCUT2D eigenvalue weighted by atomic mass is 10.2. The van der Waals surface area contributed by atoms with Crippen LogP contribution in [0.3, 0.4) is 0 Å². The Morgan fingerprint density at radius 3 is 3.00 bits per heavy atom. The zero-order chi connectivity index (χ0) is 8.27. The summed E-state index contributed by atoms with van der Waals surface area (Å²) in [5.74, 6) is -0.267. The molecule has 11 heavy (non-hydrogen) atoms. The van der Waals surface area contributed by atoms with Crippen molar-refractivity contribution >= 4 is 5.97 Å². The summed E-state index contributed by atoms with van der Waals surface area (Å²) in [5, 5.41) is 2.92. The highest BCUT2D eigenvalue weighted by Crippen LogP contribution is 2.10. The van der Waals surface area contributed by atoms with Gasteiger partial charge in [0.25, 0.3) is 0 Å². The summed E-state index contributed by atoms with van der Waals surface area (Å²) in [4.78, 5) is 14.2. The van der Waals surface area contributed by atoms with Gasteiger partial charge in [-0.05, 0) is 0 Å². The molecule has 1 aliphatic heterocycles. The number of esters is 1. The maximum absolute atomic E-state index is 10.9. The molecule has 0 aromatic rings. The number of nitrogens with zero attached hydrogens (tertiary/aromatic N) is 1. The SMILES string of the molecule is [C-]#[N+][C@H]1CN[C@@H](C(=O)OC)C1. The first-order valence-corrected chi connectivity index (χ1v) is 3.45. The lowest BCUT2D eigenvalue weighted by Crippen LogP contribution is -2.31. The maximum Gasteiger partial charge on any atom is 0.323 e. The third-order valence-electron chi connectivity index (χ3n) is 1.78. The van der Waals surface area contributed by atoms with Crippen LogP contribution in [0.5, 0.6) is 0 Å². The van der Waals surface area contributed by atoms with Crippen LogP contribution in [-0.4, -0.2) is 31.7 Å². The fourth-order valence-electron chi connectivity index (χ4n) is 1.14. The summed E-state index contributed by atoms with van der Waals surface area (Å²) in [6.07, 6.45) is 0.580. The molecule has 4 heteroatoms. The van der Waals surface area contributed by atoms with E-state index in [9.17, 15) is 4.79 Å². The van der Waals surface area contributed by atoms with E-state index in [1.165, 1.54) is 7.11 Å². The molecule has 0 bridgehead atoms. The minimum absolute atomic E-state index is 0.0564. The molecule has 1 rings (SSSR count). The molecule has 1 N–H and O–H groups in total. The molecule has 0 aromatic heterocycles. The number of hydrogen-bond donors (Lipinski definition) is 1. The van der Waals surface area contributed by atoms with Crippen molar-refractivity contribution in [2.24, 2.45) is 0 Å². The van der Waals surface area contributed by atoms with Crippen LogP contribution in [-0.2, 0) is 9.53 Å². The van der Waals surface area contributed by atoms with Crippen molar-refractivity contribution in [3.63, 3.8) is 0 Å². The first-order valence-electron chi connectivity index (χ1n) is 3.45. The van der Waals surface area contributed by atoms with Crippen LogP contribution in [0.15, 0.2) is 0 Å². The standard InChI is InChI=1S/C7H10N2O2/c1-8-5-3-6(9-4-5)7(10)11-2/h5-6,9H,3-4H2,2H3/t5-,6-/m1/s1. The van der Waals surface area contributed by atoms with Crippen molar-refractivity contribution in [1.29, 1.82) is 0 Å². The number of ether oxygens (including phenoxy) is 1. The Morgan fingerprint density at radius 2 is 2.55 bits per heavy atom. The van der Waals surface area contributed by atoms with Gasteiger partial charge in [-0.15, -0.1) is 0 Å². The van der Waals surface area contributed by atoms with Gasteiger partial charge in [0.2, 0.25) is 6.04 Å². The first-order chi connectivity index (χ1) is 5.27. The molecule has 1 heterocycles. The van der Waals surface area contributed by atoms with Gasteiger partial charge in [0.05, 0.1) is 20.1 Å². The number of carbonyl (C=O) groups excluding carboxylic acids is 1. The highest BCUT2D eigenvalue weighted by Gasteiger charge is 2.33. The lowest BCUT2D eigenvalue weighted by Gasteiger charge is -2.04. The van der Waals surface area contributed by atoms with Crippen molar-refractivity contribution in [2.75, 3.05) is 13.7 Å². The second-order valence-electron chi connectivity index (χ2n) is 2.50. The summed E-state index contributed by atoms with van der Waals surface area (Å²) in [6, 6.07) is -0.321. The molecule has 0 saturated carbocycles. The average molecular weight is 154 g/mol. The molecule has 1 aliphatic rings. The molecular weight excluding hydrogens is 144 g/mol. The fraction of sp³-hybridized carbons (Fsp3) is 0.714. The molecule has 0 unspecified atom stereocenters. The highest BCUT2D eigenvalue weighted by molar-refractivity contribution is 5.76. The average Bonchev–Trinajstić information content (AvgIpc) is 2.50. The number of hydrogen-bond acceptors (Lipinski definition) is 3. The Hall–Kier alpha value is -1.08. The maximum atomic E-state index is 10.9. The second kappa shape index (κ2) is 3.35. The molecule has 0 aliphatic carbocycles. The Bertz CT molecular complexity index is 197. The minimum atomic E-state index is -0.267. The third kappa shape index (κ3) is 1.69. The smallest absolute Gasteiger partial charge is 0.323 e. The summed E-state index contributed by atoms with van der Waals surface area (Å²) in [5.41, 5.74) is 0. The van der Waals surface area contributed by atoms with Crippen LogP contribution in [0.1, 0.15) is 6.42 Å². The molecule has 60 valence electrons. The van der Waals surface area contributed by atoms with Gasteiger partial charge < -0.3 is 9.58 Å². The van der Waals surface area contributed by atoms with Gasteiger partial charge in [-0.1, -0.05) is 0 Å². The molecule has 1 fully saturated rings. The monoisotopic (exact) mass is 154 g/mol. The van der Waals surface area contributed by atoms with Crippen molar-refractivity contribution in [2.45, 2.75) is 18.5 Å². The second-order valence-corrected chi connectivity index (χ2v) is 2.50. The predicted octanol–water partition coefficient (Wildman–Crippen LogP) is -0.191. The van der Waals surface area contributed by atoms with E-state index in [1.807, 2.05) is 0 Å². The van der Waals surface area contributed by atoms with Gasteiger partial charge in [-0.3, -0.25) is 10.1 Å². The fourth-order valence-corrected chi connectivity index (χ4v) is 1.14. The van der Waals surface area contributed by atoms with E-state index in [-0.39, 0.29) is 18.1 Å². The summed E-state index contributed by atoms with van der Waals surface area (Å²) >= 11 is 0. The Kier molecular flexibility index (Phi) is 2.44. The van der Waals surface area contributed by atoms with Gasteiger partial charge in [0.15, 0.2) is 0 Å². The predicted molar refractivity (Wildman–Crippen MR) is 38.8 cm³/mol. The van der Waals surface area contributed by atoms with Gasteiger partial charge in [0.1, 0.15) is 6.04 Å². The van der Waals surface area contributed by atoms with Crippen molar-refractivity contribution in [3.05, 3.63) is 11.4 Å². The van der Waals surface area contributed by atoms with E-state index in [2.05, 4.69) is 14.9 Å². The van der Waals surface area contributed by atoms with E-state index >= 15 is 0 Å². The van der Waals surface area contributed by atoms with Gasteiger partial charge in [-0.25, -0.2) is 6.57 Å². The summed E-state index contributed by atoms with van der Waals surface area (Å²) in [7, 11) is 1.36. The van der Waals surface area contributed by atoms with E-state index in [0.717, 1.165) is 0 Å². The lowest BCUT2D eigenvalue weighted by molar-refractivity contribution is -0.142. The Morgan fingerprint density at radius 1 is 1.82 bits per heavy atom. The highest BCUT2D eigenvalue weighted by atomic mass is 16.5. The van der Waals surface area contributed by atoms with Crippen LogP contribution in [0, 0.1) is 6.57 Å². The van der Waals surface area contributed by atoms with E-state index in [4.69, 9.17) is 6.57 Å². The minimum Gasteiger partial charge on any atom is -0.468 e. The molecule has 0 spiro atoms. The van der Waals surface area contributed by atoms with Crippen molar-refractivity contribution in [3.8, 4) is 0 Å². The zero-order valence-electron chi connectivity index (χ0n) is 6.33. The summed E-state index contributed by atoms with van der Waals surface area (Å²) in [6.45, 7) is 7.32. The van der Waals surface area contributed by atoms with Crippen molar-refractivity contribution < 1.29 is 9.53 Å². The van der Waals surface area contributed by atoms with Crippen LogP contribution in [0.2, 0.25) is 0 Å². The van der Waals surface area contributed by atoms with Crippen LogP contribution >= 0.6 is 0 Å². The molecule has 0 radical (unpaired) electrons. The van der Waals surface area contributed by atoms with Crippen LogP contribution in [0.4, 0.5) is 0 Å². The topological polar surface area (TPSA) is 42.7 Å². The van der Waals surface area contributed by atoms with Gasteiger partial charge in [0, 0.05) is 0 Å². The largest absolute Gasteiger partial charge is 0.468 e. The molecule has 2 atom stereocenters. The van der Waals surface area contributed by atoms with E-state index < -0.39 is 0 Å². The van der Waals surface area contributed by atoms with Crippen LogP contribution in [0.25, 0.3) is 4.85 Å². The molecular formula is C7H10N2O2. The Balaban J connectivity index is 2.43. The number of methoxy groups -OCH3 is 1. The van der Waals surface area contributed by atoms with Crippen molar-refractivity contribution in [1.82, 2.24) is 5.32 Å². The molecule has 0 amide bonds. The zero-order valence-corrected chi connectivity index (χ0v) is 6.33. The summed E-state index contributed by atoms with van der Waals surface area (Å²) < 4.78 is 4.52. The number of carbonyl (C=O) groups is 1.